The average molecular weight is 383 g/mol. The van der Waals surface area contributed by atoms with Gasteiger partial charge in [0.05, 0.1) is 11.7 Å². The van der Waals surface area contributed by atoms with Crippen molar-refractivity contribution in [3.05, 3.63) is 108 Å². The first-order valence-corrected chi connectivity index (χ1v) is 9.41. The van der Waals surface area contributed by atoms with Crippen LogP contribution in [0.5, 0.6) is 0 Å². The number of aryl methyl sites for hydroxylation is 1. The van der Waals surface area contributed by atoms with E-state index in [-0.39, 0.29) is 11.9 Å². The zero-order valence-corrected chi connectivity index (χ0v) is 16.3. The van der Waals surface area contributed by atoms with E-state index in [9.17, 15) is 4.79 Å². The molecular weight excluding hydrogens is 362 g/mol. The Morgan fingerprint density at radius 3 is 2.24 bits per heavy atom. The molecule has 5 heteroatoms. The Hall–Kier alpha value is -3.73. The van der Waals surface area contributed by atoms with E-state index in [1.807, 2.05) is 78.9 Å². The number of aromatic nitrogens is 2. The largest absolute Gasteiger partial charge is 0.441 e. The summed E-state index contributed by atoms with van der Waals surface area (Å²) < 4.78 is 5.79. The molecule has 0 aliphatic heterocycles. The van der Waals surface area contributed by atoms with Gasteiger partial charge in [-0.05, 0) is 36.8 Å². The monoisotopic (exact) mass is 383 g/mol. The zero-order valence-electron chi connectivity index (χ0n) is 16.3. The Bertz CT molecular complexity index is 1050. The van der Waals surface area contributed by atoms with E-state index >= 15 is 0 Å². The lowest BCUT2D eigenvalue weighted by molar-refractivity contribution is 0.0745. The summed E-state index contributed by atoms with van der Waals surface area (Å²) in [5, 5.41) is 0. The maximum Gasteiger partial charge on any atom is 0.276 e. The Labute approximate surface area is 169 Å². The Morgan fingerprint density at radius 1 is 0.931 bits per heavy atom. The minimum atomic E-state index is -0.332. The smallest absolute Gasteiger partial charge is 0.276 e. The molecule has 0 spiro atoms. The summed E-state index contributed by atoms with van der Waals surface area (Å²) in [6.45, 7) is 1.76. The standard InChI is InChI=1S/C24H21N3O2/c1-17-21(26-23(29-17)19-13-7-4-8-14-19)24(28)27(2)22(18-11-5-3-6-12-18)20-15-9-10-16-25-20/h3-16,22H,1-2H3/t22-/m0/s1. The number of carbonyl (C=O) groups excluding carboxylic acids is 1. The van der Waals surface area contributed by atoms with Gasteiger partial charge in [0.15, 0.2) is 5.69 Å². The number of nitrogens with zero attached hydrogens (tertiary/aromatic N) is 3. The number of pyridine rings is 1. The van der Waals surface area contributed by atoms with Crippen LogP contribution in [-0.4, -0.2) is 27.8 Å². The van der Waals surface area contributed by atoms with Gasteiger partial charge in [0.1, 0.15) is 5.76 Å². The maximum atomic E-state index is 13.4. The van der Waals surface area contributed by atoms with Crippen molar-refractivity contribution >= 4 is 5.91 Å². The van der Waals surface area contributed by atoms with Crippen LogP contribution in [0.15, 0.2) is 89.5 Å². The summed E-state index contributed by atoms with van der Waals surface area (Å²) in [7, 11) is 1.77. The fraction of sp³-hybridized carbons (Fsp3) is 0.125. The lowest BCUT2D eigenvalue weighted by atomic mass is 10.0. The van der Waals surface area contributed by atoms with E-state index in [1.54, 1.807) is 25.1 Å². The molecule has 0 saturated heterocycles. The highest BCUT2D eigenvalue weighted by atomic mass is 16.4. The molecule has 2 aromatic heterocycles. The third kappa shape index (κ3) is 3.80. The molecule has 1 atom stereocenters. The van der Waals surface area contributed by atoms with E-state index < -0.39 is 0 Å². The molecule has 0 unspecified atom stereocenters. The summed E-state index contributed by atoms with van der Waals surface area (Å²) in [5.74, 6) is 0.718. The number of benzene rings is 2. The molecule has 5 nitrogen and oxygen atoms in total. The Balaban J connectivity index is 1.71. The number of hydrogen-bond acceptors (Lipinski definition) is 4. The van der Waals surface area contributed by atoms with Crippen molar-refractivity contribution in [3.63, 3.8) is 0 Å². The van der Waals surface area contributed by atoms with Crippen LogP contribution in [0, 0.1) is 6.92 Å². The summed E-state index contributed by atoms with van der Waals surface area (Å²) in [6.07, 6.45) is 1.73. The normalized spacial score (nSPS) is 11.8. The second-order valence-corrected chi connectivity index (χ2v) is 6.77. The van der Waals surface area contributed by atoms with Crippen LogP contribution in [-0.2, 0) is 0 Å². The van der Waals surface area contributed by atoms with Crippen molar-refractivity contribution in [2.75, 3.05) is 7.05 Å². The van der Waals surface area contributed by atoms with E-state index in [1.165, 1.54) is 0 Å². The predicted octanol–water partition coefficient (Wildman–Crippen LogP) is 4.91. The van der Waals surface area contributed by atoms with Crippen molar-refractivity contribution < 1.29 is 9.21 Å². The fourth-order valence-corrected chi connectivity index (χ4v) is 3.35. The van der Waals surface area contributed by atoms with E-state index in [0.29, 0.717) is 17.3 Å². The summed E-state index contributed by atoms with van der Waals surface area (Å²) in [4.78, 5) is 24.0. The molecule has 4 rings (SSSR count). The number of rotatable bonds is 5. The van der Waals surface area contributed by atoms with Crippen LogP contribution in [0.3, 0.4) is 0 Å². The van der Waals surface area contributed by atoms with Gasteiger partial charge >= 0.3 is 0 Å². The zero-order chi connectivity index (χ0) is 20.2. The molecule has 0 fully saturated rings. The summed E-state index contributed by atoms with van der Waals surface area (Å²) in [6, 6.07) is 24.8. The van der Waals surface area contributed by atoms with E-state index in [0.717, 1.165) is 16.8 Å². The van der Waals surface area contributed by atoms with E-state index in [2.05, 4.69) is 9.97 Å². The van der Waals surface area contributed by atoms with Gasteiger partial charge < -0.3 is 9.32 Å². The SMILES string of the molecule is Cc1oc(-c2ccccc2)nc1C(=O)N(C)[C@@H](c1ccccc1)c1ccccn1. The highest BCUT2D eigenvalue weighted by Crippen LogP contribution is 2.29. The van der Waals surface area contributed by atoms with Crippen molar-refractivity contribution in [2.24, 2.45) is 0 Å². The quantitative estimate of drug-likeness (QED) is 0.491. The van der Waals surface area contributed by atoms with Crippen LogP contribution in [0.2, 0.25) is 0 Å². The highest BCUT2D eigenvalue weighted by molar-refractivity contribution is 5.94. The lowest BCUT2D eigenvalue weighted by Crippen LogP contribution is -2.33. The molecule has 144 valence electrons. The molecule has 1 amide bonds. The molecule has 0 aliphatic rings. The van der Waals surface area contributed by atoms with Gasteiger partial charge in [-0.25, -0.2) is 4.98 Å². The van der Waals surface area contributed by atoms with Gasteiger partial charge in [-0.2, -0.15) is 0 Å². The van der Waals surface area contributed by atoms with Crippen LogP contribution < -0.4 is 0 Å². The first kappa shape index (κ1) is 18.6. The molecule has 2 heterocycles. The van der Waals surface area contributed by atoms with Crippen molar-refractivity contribution in [1.29, 1.82) is 0 Å². The molecule has 0 aliphatic carbocycles. The third-order valence-electron chi connectivity index (χ3n) is 4.81. The topological polar surface area (TPSA) is 59.2 Å². The third-order valence-corrected chi connectivity index (χ3v) is 4.81. The molecule has 0 N–H and O–H groups in total. The first-order valence-electron chi connectivity index (χ1n) is 9.41. The number of carbonyl (C=O) groups is 1. The molecule has 0 saturated carbocycles. The van der Waals surface area contributed by atoms with Gasteiger partial charge in [0.2, 0.25) is 5.89 Å². The molecule has 0 bridgehead atoms. The van der Waals surface area contributed by atoms with Crippen LogP contribution in [0.4, 0.5) is 0 Å². The van der Waals surface area contributed by atoms with Crippen molar-refractivity contribution in [2.45, 2.75) is 13.0 Å². The second kappa shape index (κ2) is 8.10. The molecule has 4 aromatic rings. The van der Waals surface area contributed by atoms with Gasteiger partial charge in [0.25, 0.3) is 5.91 Å². The second-order valence-electron chi connectivity index (χ2n) is 6.77. The lowest BCUT2D eigenvalue weighted by Gasteiger charge is -2.27. The van der Waals surface area contributed by atoms with Crippen molar-refractivity contribution in [3.8, 4) is 11.5 Å². The van der Waals surface area contributed by atoms with Gasteiger partial charge in [-0.3, -0.25) is 9.78 Å². The molecule has 0 radical (unpaired) electrons. The maximum absolute atomic E-state index is 13.4. The molecular formula is C24H21N3O2. The Kier molecular flexibility index (Phi) is 5.20. The number of oxazole rings is 1. The number of hydrogen-bond donors (Lipinski definition) is 0. The Morgan fingerprint density at radius 2 is 1.59 bits per heavy atom. The molecule has 29 heavy (non-hydrogen) atoms. The number of amides is 1. The van der Waals surface area contributed by atoms with Crippen LogP contribution >= 0.6 is 0 Å². The van der Waals surface area contributed by atoms with Crippen molar-refractivity contribution in [1.82, 2.24) is 14.9 Å². The fourth-order valence-electron chi connectivity index (χ4n) is 3.35. The average Bonchev–Trinajstić information content (AvgIpc) is 3.17. The predicted molar refractivity (Wildman–Crippen MR) is 111 cm³/mol. The summed E-state index contributed by atoms with van der Waals surface area (Å²) >= 11 is 0. The first-order chi connectivity index (χ1) is 14.1. The van der Waals surface area contributed by atoms with E-state index in [4.69, 9.17) is 4.42 Å². The van der Waals surface area contributed by atoms with Gasteiger partial charge in [-0.1, -0.05) is 54.6 Å². The minimum absolute atomic E-state index is 0.215. The van der Waals surface area contributed by atoms with Gasteiger partial charge in [-0.15, -0.1) is 0 Å². The van der Waals surface area contributed by atoms with Crippen LogP contribution in [0.25, 0.3) is 11.5 Å². The van der Waals surface area contributed by atoms with Crippen LogP contribution in [0.1, 0.15) is 33.5 Å². The molecule has 2 aromatic carbocycles. The summed E-state index contributed by atoms with van der Waals surface area (Å²) in [5.41, 5.74) is 2.91. The minimum Gasteiger partial charge on any atom is -0.441 e. The highest BCUT2D eigenvalue weighted by Gasteiger charge is 2.29. The van der Waals surface area contributed by atoms with Gasteiger partial charge in [0, 0.05) is 18.8 Å².